The number of hydrogen-bond acceptors (Lipinski definition) is 5. The number of ether oxygens (including phenoxy) is 1. The number of benzene rings is 1. The highest BCUT2D eigenvalue weighted by atomic mass is 79.9. The standard InChI is InChI=1S/C14H10BrNO4S/c15-10-4-1-3-9(7-10)14(19)20-8-12(17)16-13(18)11-5-2-6-21-11/h1-7H,8H2,(H,16,17,18). The Morgan fingerprint density at radius 3 is 2.67 bits per heavy atom. The molecule has 1 heterocycles. The van der Waals surface area contributed by atoms with E-state index in [4.69, 9.17) is 4.74 Å². The Labute approximate surface area is 133 Å². The lowest BCUT2D eigenvalue weighted by Crippen LogP contribution is -2.33. The van der Waals surface area contributed by atoms with Crippen molar-refractivity contribution in [3.05, 3.63) is 56.7 Å². The summed E-state index contributed by atoms with van der Waals surface area (Å²) in [5.74, 6) is -1.81. The molecule has 0 saturated carbocycles. The van der Waals surface area contributed by atoms with Crippen molar-refractivity contribution in [2.45, 2.75) is 0 Å². The van der Waals surface area contributed by atoms with Crippen LogP contribution in [0.5, 0.6) is 0 Å². The molecule has 0 radical (unpaired) electrons. The normalized spacial score (nSPS) is 9.95. The van der Waals surface area contributed by atoms with Crippen LogP contribution in [0, 0.1) is 0 Å². The smallest absolute Gasteiger partial charge is 0.338 e. The van der Waals surface area contributed by atoms with Gasteiger partial charge < -0.3 is 4.74 Å². The Balaban J connectivity index is 1.84. The van der Waals surface area contributed by atoms with Gasteiger partial charge in [0.25, 0.3) is 11.8 Å². The zero-order valence-corrected chi connectivity index (χ0v) is 13.1. The molecule has 5 nitrogen and oxygen atoms in total. The SMILES string of the molecule is O=C(COC(=O)c1cccc(Br)c1)NC(=O)c1cccs1. The second-order valence-corrected chi connectivity index (χ2v) is 5.80. The first kappa shape index (κ1) is 15.4. The predicted molar refractivity (Wildman–Crippen MR) is 81.2 cm³/mol. The van der Waals surface area contributed by atoms with Crippen LogP contribution < -0.4 is 5.32 Å². The molecule has 1 N–H and O–H groups in total. The van der Waals surface area contributed by atoms with E-state index in [2.05, 4.69) is 21.2 Å². The largest absolute Gasteiger partial charge is 0.452 e. The van der Waals surface area contributed by atoms with Crippen molar-refractivity contribution in [2.75, 3.05) is 6.61 Å². The van der Waals surface area contributed by atoms with Gasteiger partial charge in [-0.1, -0.05) is 28.1 Å². The molecular weight excluding hydrogens is 358 g/mol. The summed E-state index contributed by atoms with van der Waals surface area (Å²) in [7, 11) is 0. The molecule has 0 atom stereocenters. The Kier molecular flexibility index (Phi) is 5.24. The molecule has 1 aromatic carbocycles. The van der Waals surface area contributed by atoms with Crippen LogP contribution in [0.15, 0.2) is 46.3 Å². The Morgan fingerprint density at radius 1 is 1.19 bits per heavy atom. The van der Waals surface area contributed by atoms with E-state index in [-0.39, 0.29) is 0 Å². The third-order valence-corrected chi connectivity index (χ3v) is 3.75. The lowest BCUT2D eigenvalue weighted by molar-refractivity contribution is -0.123. The Morgan fingerprint density at radius 2 is 2.00 bits per heavy atom. The van der Waals surface area contributed by atoms with E-state index in [9.17, 15) is 14.4 Å². The maximum atomic E-state index is 11.7. The molecule has 2 amide bonds. The van der Waals surface area contributed by atoms with Gasteiger partial charge in [0.2, 0.25) is 0 Å². The summed E-state index contributed by atoms with van der Waals surface area (Å²) in [6, 6.07) is 9.90. The number of amides is 2. The maximum Gasteiger partial charge on any atom is 0.338 e. The van der Waals surface area contributed by atoms with Crippen LogP contribution in [-0.2, 0) is 9.53 Å². The first-order chi connectivity index (χ1) is 10.1. The molecule has 0 saturated heterocycles. The van der Waals surface area contributed by atoms with Crippen molar-refractivity contribution in [1.82, 2.24) is 5.32 Å². The van der Waals surface area contributed by atoms with Gasteiger partial charge in [-0.25, -0.2) is 4.79 Å². The lowest BCUT2D eigenvalue weighted by atomic mass is 10.2. The third-order valence-electron chi connectivity index (χ3n) is 2.39. The van der Waals surface area contributed by atoms with E-state index >= 15 is 0 Å². The minimum atomic E-state index is -0.670. The number of imide groups is 1. The number of esters is 1. The van der Waals surface area contributed by atoms with Gasteiger partial charge in [0.1, 0.15) is 0 Å². The molecule has 1 aromatic heterocycles. The summed E-state index contributed by atoms with van der Waals surface area (Å²) < 4.78 is 5.57. The van der Waals surface area contributed by atoms with Crippen LogP contribution in [0.4, 0.5) is 0 Å². The second kappa shape index (κ2) is 7.14. The van der Waals surface area contributed by atoms with Crippen LogP contribution in [0.1, 0.15) is 20.0 Å². The maximum absolute atomic E-state index is 11.7. The number of rotatable bonds is 4. The topological polar surface area (TPSA) is 72.5 Å². The van der Waals surface area contributed by atoms with Gasteiger partial charge in [-0.15, -0.1) is 11.3 Å². The predicted octanol–water partition coefficient (Wildman–Crippen LogP) is 2.62. The molecule has 108 valence electrons. The molecule has 0 unspecified atom stereocenters. The van der Waals surface area contributed by atoms with Crippen molar-refractivity contribution in [3.63, 3.8) is 0 Å². The number of carbonyl (C=O) groups is 3. The van der Waals surface area contributed by atoms with E-state index in [1.165, 1.54) is 11.3 Å². The van der Waals surface area contributed by atoms with Crippen LogP contribution in [0.2, 0.25) is 0 Å². The van der Waals surface area contributed by atoms with Crippen molar-refractivity contribution in [3.8, 4) is 0 Å². The highest BCUT2D eigenvalue weighted by molar-refractivity contribution is 9.10. The summed E-state index contributed by atoms with van der Waals surface area (Å²) in [5, 5.41) is 3.88. The summed E-state index contributed by atoms with van der Waals surface area (Å²) in [4.78, 5) is 35.3. The van der Waals surface area contributed by atoms with Gasteiger partial charge in [0.15, 0.2) is 6.61 Å². The van der Waals surface area contributed by atoms with E-state index in [0.29, 0.717) is 10.4 Å². The first-order valence-corrected chi connectivity index (χ1v) is 7.54. The quantitative estimate of drug-likeness (QED) is 0.843. The lowest BCUT2D eigenvalue weighted by Gasteiger charge is -2.05. The summed E-state index contributed by atoms with van der Waals surface area (Å²) in [6.45, 7) is -0.511. The first-order valence-electron chi connectivity index (χ1n) is 5.86. The fourth-order valence-corrected chi connectivity index (χ4v) is 2.48. The van der Waals surface area contributed by atoms with E-state index < -0.39 is 24.4 Å². The molecule has 0 aliphatic heterocycles. The van der Waals surface area contributed by atoms with Gasteiger partial charge in [-0.3, -0.25) is 14.9 Å². The van der Waals surface area contributed by atoms with Crippen LogP contribution >= 0.6 is 27.3 Å². The number of nitrogens with one attached hydrogen (secondary N) is 1. The molecule has 2 aromatic rings. The number of hydrogen-bond donors (Lipinski definition) is 1. The fraction of sp³-hybridized carbons (Fsp3) is 0.0714. The molecule has 0 aliphatic rings. The second-order valence-electron chi connectivity index (χ2n) is 3.94. The summed E-state index contributed by atoms with van der Waals surface area (Å²) in [6.07, 6.45) is 0. The average Bonchev–Trinajstić information content (AvgIpc) is 2.99. The number of carbonyl (C=O) groups excluding carboxylic acids is 3. The monoisotopic (exact) mass is 367 g/mol. The van der Waals surface area contributed by atoms with Crippen LogP contribution in [-0.4, -0.2) is 24.4 Å². The molecule has 0 fully saturated rings. The van der Waals surface area contributed by atoms with Gasteiger partial charge >= 0.3 is 5.97 Å². The van der Waals surface area contributed by atoms with Crippen molar-refractivity contribution >= 4 is 45.1 Å². The van der Waals surface area contributed by atoms with Crippen LogP contribution in [0.3, 0.4) is 0 Å². The van der Waals surface area contributed by atoms with E-state index in [1.54, 1.807) is 41.8 Å². The average molecular weight is 368 g/mol. The fourth-order valence-electron chi connectivity index (χ4n) is 1.46. The molecule has 2 rings (SSSR count). The third kappa shape index (κ3) is 4.51. The molecule has 7 heteroatoms. The van der Waals surface area contributed by atoms with E-state index in [0.717, 1.165) is 4.47 Å². The molecule has 0 aliphatic carbocycles. The van der Waals surface area contributed by atoms with Gasteiger partial charge in [0, 0.05) is 4.47 Å². The summed E-state index contributed by atoms with van der Waals surface area (Å²) >= 11 is 4.45. The number of halogens is 1. The van der Waals surface area contributed by atoms with E-state index in [1.807, 2.05) is 0 Å². The molecule has 0 bridgehead atoms. The van der Waals surface area contributed by atoms with Gasteiger partial charge in [0.05, 0.1) is 10.4 Å². The zero-order chi connectivity index (χ0) is 15.2. The van der Waals surface area contributed by atoms with Crippen molar-refractivity contribution < 1.29 is 19.1 Å². The van der Waals surface area contributed by atoms with Crippen LogP contribution in [0.25, 0.3) is 0 Å². The molecular formula is C14H10BrNO4S. The summed E-state index contributed by atoms with van der Waals surface area (Å²) in [5.41, 5.74) is 0.321. The Bertz CT molecular complexity index is 669. The molecule has 0 spiro atoms. The minimum Gasteiger partial charge on any atom is -0.452 e. The zero-order valence-electron chi connectivity index (χ0n) is 10.7. The van der Waals surface area contributed by atoms with Crippen molar-refractivity contribution in [2.24, 2.45) is 0 Å². The minimum absolute atomic E-state index is 0.321. The highest BCUT2D eigenvalue weighted by Gasteiger charge is 2.14. The highest BCUT2D eigenvalue weighted by Crippen LogP contribution is 2.12. The number of thiophene rings is 1. The van der Waals surface area contributed by atoms with Gasteiger partial charge in [-0.2, -0.15) is 0 Å². The Hall–Kier alpha value is -1.99. The van der Waals surface area contributed by atoms with Crippen molar-refractivity contribution in [1.29, 1.82) is 0 Å². The van der Waals surface area contributed by atoms with Gasteiger partial charge in [-0.05, 0) is 29.6 Å². The molecule has 21 heavy (non-hydrogen) atoms.